The number of benzene rings is 1. The Morgan fingerprint density at radius 1 is 1.38 bits per heavy atom. The summed E-state index contributed by atoms with van der Waals surface area (Å²) in [6.45, 7) is 3.79. The lowest BCUT2D eigenvalue weighted by molar-refractivity contribution is -0.108. The summed E-state index contributed by atoms with van der Waals surface area (Å²) in [4.78, 5) is 21.3. The van der Waals surface area contributed by atoms with Crippen molar-refractivity contribution in [3.8, 4) is 0 Å². The van der Waals surface area contributed by atoms with Crippen molar-refractivity contribution < 1.29 is 9.59 Å². The van der Waals surface area contributed by atoms with E-state index in [-0.39, 0.29) is 5.91 Å². The van der Waals surface area contributed by atoms with Gasteiger partial charge in [-0.05, 0) is 25.5 Å². The Labute approximate surface area is 76.8 Å². The van der Waals surface area contributed by atoms with Crippen LogP contribution in [0.2, 0.25) is 0 Å². The van der Waals surface area contributed by atoms with Crippen molar-refractivity contribution in [3.05, 3.63) is 34.9 Å². The first kappa shape index (κ1) is 9.45. The summed E-state index contributed by atoms with van der Waals surface area (Å²) in [5, 5.41) is 2.10. The molecule has 0 saturated carbocycles. The van der Waals surface area contributed by atoms with Gasteiger partial charge in [-0.15, -0.1) is 0 Å². The lowest BCUT2D eigenvalue weighted by Gasteiger charge is -2.03. The van der Waals surface area contributed by atoms with E-state index < -0.39 is 0 Å². The molecule has 3 heteroatoms. The molecule has 1 aromatic carbocycles. The Morgan fingerprint density at radius 3 is 2.62 bits per heavy atom. The van der Waals surface area contributed by atoms with Gasteiger partial charge < -0.3 is 0 Å². The third-order valence-corrected chi connectivity index (χ3v) is 1.82. The van der Waals surface area contributed by atoms with Gasteiger partial charge in [-0.25, -0.2) is 0 Å². The highest BCUT2D eigenvalue weighted by Gasteiger charge is 2.06. The Balaban J connectivity index is 3.01. The molecule has 1 aromatic rings. The van der Waals surface area contributed by atoms with Crippen molar-refractivity contribution >= 4 is 12.3 Å². The van der Waals surface area contributed by atoms with E-state index >= 15 is 0 Å². The largest absolute Gasteiger partial charge is 0.295 e. The van der Waals surface area contributed by atoms with E-state index in [0.717, 1.165) is 11.1 Å². The monoisotopic (exact) mass is 177 g/mol. The van der Waals surface area contributed by atoms with Gasteiger partial charge >= 0.3 is 0 Å². The summed E-state index contributed by atoms with van der Waals surface area (Å²) in [5.41, 5.74) is 2.51. The molecule has 2 amide bonds. The van der Waals surface area contributed by atoms with Gasteiger partial charge in [-0.2, -0.15) is 0 Å². The number of nitrogens with one attached hydrogen (secondary N) is 1. The first-order valence-electron chi connectivity index (χ1n) is 3.97. The fourth-order valence-corrected chi connectivity index (χ4v) is 1.20. The van der Waals surface area contributed by atoms with Crippen LogP contribution in [-0.4, -0.2) is 12.3 Å². The summed E-state index contributed by atoms with van der Waals surface area (Å²) < 4.78 is 0. The third kappa shape index (κ3) is 2.15. The smallest absolute Gasteiger partial charge is 0.257 e. The Kier molecular flexibility index (Phi) is 2.80. The van der Waals surface area contributed by atoms with Crippen molar-refractivity contribution in [2.24, 2.45) is 0 Å². The zero-order chi connectivity index (χ0) is 9.84. The number of rotatable bonds is 2. The van der Waals surface area contributed by atoms with Crippen molar-refractivity contribution in [2.45, 2.75) is 13.8 Å². The van der Waals surface area contributed by atoms with Gasteiger partial charge in [0, 0.05) is 5.56 Å². The number of hydrogen-bond acceptors (Lipinski definition) is 2. The number of amides is 2. The molecule has 0 aliphatic carbocycles. The molecule has 0 saturated heterocycles. The highest BCUT2D eigenvalue weighted by Crippen LogP contribution is 2.09. The standard InChI is InChI=1S/C10H11NO2/c1-7-3-4-9(8(2)5-7)10(13)11-6-12/h3-6H,1-2H3,(H,11,12,13). The minimum absolute atomic E-state index is 0.354. The number of imide groups is 1. The van der Waals surface area contributed by atoms with E-state index in [1.807, 2.05) is 26.0 Å². The summed E-state index contributed by atoms with van der Waals surface area (Å²) >= 11 is 0. The Hall–Kier alpha value is -1.64. The minimum Gasteiger partial charge on any atom is -0.295 e. The maximum atomic E-state index is 11.2. The molecule has 0 heterocycles. The fourth-order valence-electron chi connectivity index (χ4n) is 1.20. The molecule has 13 heavy (non-hydrogen) atoms. The van der Waals surface area contributed by atoms with Crippen LogP contribution in [0.1, 0.15) is 21.5 Å². The maximum Gasteiger partial charge on any atom is 0.257 e. The molecule has 0 bridgehead atoms. The number of aryl methyl sites for hydroxylation is 2. The van der Waals surface area contributed by atoms with Crippen molar-refractivity contribution in [2.75, 3.05) is 0 Å². The van der Waals surface area contributed by atoms with Crippen molar-refractivity contribution in [1.29, 1.82) is 0 Å². The number of carbonyl (C=O) groups is 2. The Morgan fingerprint density at radius 2 is 2.08 bits per heavy atom. The molecule has 0 aliphatic heterocycles. The van der Waals surface area contributed by atoms with Crippen molar-refractivity contribution in [3.63, 3.8) is 0 Å². The summed E-state index contributed by atoms with van der Waals surface area (Å²) in [5.74, 6) is -0.354. The molecule has 1 rings (SSSR count). The molecule has 1 N–H and O–H groups in total. The lowest BCUT2D eigenvalue weighted by Crippen LogP contribution is -2.22. The SMILES string of the molecule is Cc1ccc(C(=O)NC=O)c(C)c1. The molecule has 0 aromatic heterocycles. The first-order chi connectivity index (χ1) is 6.15. The van der Waals surface area contributed by atoms with E-state index in [2.05, 4.69) is 5.32 Å². The van der Waals surface area contributed by atoms with Crippen LogP contribution < -0.4 is 5.32 Å². The first-order valence-corrected chi connectivity index (χ1v) is 3.97. The van der Waals surface area contributed by atoms with Crippen LogP contribution in [0.4, 0.5) is 0 Å². The van der Waals surface area contributed by atoms with Crippen LogP contribution in [0.3, 0.4) is 0 Å². The molecule has 0 fully saturated rings. The van der Waals surface area contributed by atoms with Gasteiger partial charge in [0.2, 0.25) is 6.41 Å². The van der Waals surface area contributed by atoms with Crippen molar-refractivity contribution in [1.82, 2.24) is 5.32 Å². The molecule has 0 aliphatic rings. The van der Waals surface area contributed by atoms with Crippen LogP contribution in [0.25, 0.3) is 0 Å². The lowest BCUT2D eigenvalue weighted by atomic mass is 10.1. The molecule has 0 unspecified atom stereocenters. The van der Waals surface area contributed by atoms with E-state index in [9.17, 15) is 9.59 Å². The second-order valence-corrected chi connectivity index (χ2v) is 2.91. The Bertz CT molecular complexity index is 345. The quantitative estimate of drug-likeness (QED) is 0.690. The molecule has 0 spiro atoms. The van der Waals surface area contributed by atoms with Gasteiger partial charge in [-0.3, -0.25) is 14.9 Å². The number of hydrogen-bond donors (Lipinski definition) is 1. The van der Waals surface area contributed by atoms with Crippen LogP contribution >= 0.6 is 0 Å². The van der Waals surface area contributed by atoms with E-state index in [4.69, 9.17) is 0 Å². The average Bonchev–Trinajstić information content (AvgIpc) is 2.04. The minimum atomic E-state index is -0.354. The van der Waals surface area contributed by atoms with Gasteiger partial charge in [0.1, 0.15) is 0 Å². The highest BCUT2D eigenvalue weighted by molar-refractivity contribution is 6.00. The van der Waals surface area contributed by atoms with Crippen LogP contribution in [0, 0.1) is 13.8 Å². The van der Waals surface area contributed by atoms with E-state index in [1.54, 1.807) is 6.07 Å². The van der Waals surface area contributed by atoms with Crippen LogP contribution in [0.15, 0.2) is 18.2 Å². The summed E-state index contributed by atoms with van der Waals surface area (Å²) in [7, 11) is 0. The molecular formula is C10H11NO2. The molecule has 0 radical (unpaired) electrons. The topological polar surface area (TPSA) is 46.2 Å². The highest BCUT2D eigenvalue weighted by atomic mass is 16.2. The zero-order valence-electron chi connectivity index (χ0n) is 7.63. The average molecular weight is 177 g/mol. The predicted molar refractivity (Wildman–Crippen MR) is 49.4 cm³/mol. The zero-order valence-corrected chi connectivity index (χ0v) is 7.63. The van der Waals surface area contributed by atoms with Gasteiger partial charge in [0.25, 0.3) is 5.91 Å². The van der Waals surface area contributed by atoms with E-state index in [0.29, 0.717) is 12.0 Å². The van der Waals surface area contributed by atoms with Gasteiger partial charge in [0.15, 0.2) is 0 Å². The maximum absolute atomic E-state index is 11.2. The van der Waals surface area contributed by atoms with Gasteiger partial charge in [-0.1, -0.05) is 17.7 Å². The normalized spacial score (nSPS) is 9.38. The predicted octanol–water partition coefficient (Wildman–Crippen LogP) is 1.19. The fraction of sp³-hybridized carbons (Fsp3) is 0.200. The summed E-state index contributed by atoms with van der Waals surface area (Å²) in [6, 6.07) is 5.45. The van der Waals surface area contributed by atoms with E-state index in [1.165, 1.54) is 0 Å². The van der Waals surface area contributed by atoms with Gasteiger partial charge in [0.05, 0.1) is 0 Å². The third-order valence-electron chi connectivity index (χ3n) is 1.82. The second-order valence-electron chi connectivity index (χ2n) is 2.91. The molecular weight excluding hydrogens is 166 g/mol. The molecule has 0 atom stereocenters. The molecule has 68 valence electrons. The summed E-state index contributed by atoms with van der Waals surface area (Å²) in [6.07, 6.45) is 0.391. The second kappa shape index (κ2) is 3.85. The number of carbonyl (C=O) groups excluding carboxylic acids is 2. The van der Waals surface area contributed by atoms with Crippen LogP contribution in [-0.2, 0) is 4.79 Å². The van der Waals surface area contributed by atoms with Crippen LogP contribution in [0.5, 0.6) is 0 Å². The molecule has 3 nitrogen and oxygen atoms in total.